The summed E-state index contributed by atoms with van der Waals surface area (Å²) in [6.45, 7) is 3.58. The Morgan fingerprint density at radius 1 is 1.32 bits per heavy atom. The van der Waals surface area contributed by atoms with Crippen LogP contribution in [0.5, 0.6) is 0 Å². The molecule has 1 unspecified atom stereocenters. The van der Waals surface area contributed by atoms with Gasteiger partial charge in [-0.1, -0.05) is 12.1 Å². The first kappa shape index (κ1) is 19.1. The van der Waals surface area contributed by atoms with Crippen molar-refractivity contribution in [2.45, 2.75) is 25.8 Å². The van der Waals surface area contributed by atoms with E-state index in [1.165, 1.54) is 30.6 Å². The molecule has 0 saturated carbocycles. The highest BCUT2D eigenvalue weighted by Crippen LogP contribution is 2.32. The Morgan fingerprint density at radius 2 is 1.96 bits per heavy atom. The smallest absolute Gasteiger partial charge is 0.305 e. The maximum absolute atomic E-state index is 13.1. The lowest BCUT2D eigenvalue weighted by molar-refractivity contribution is -0.139. The molecule has 1 aromatic heterocycles. The van der Waals surface area contributed by atoms with Crippen LogP contribution < -0.4 is 5.32 Å². The number of carboxylic acids is 1. The van der Waals surface area contributed by atoms with Crippen LogP contribution >= 0.6 is 11.3 Å². The van der Waals surface area contributed by atoms with Crippen LogP contribution in [0, 0.1) is 12.7 Å². The van der Waals surface area contributed by atoms with Gasteiger partial charge in [-0.15, -0.1) is 11.3 Å². The van der Waals surface area contributed by atoms with Crippen molar-refractivity contribution in [1.82, 2.24) is 5.32 Å². The first-order valence-corrected chi connectivity index (χ1v) is 8.45. The van der Waals surface area contributed by atoms with Crippen LogP contribution in [0.1, 0.15) is 28.6 Å². The Balaban J connectivity index is 2.23. The van der Waals surface area contributed by atoms with Gasteiger partial charge in [0.1, 0.15) is 5.82 Å². The first-order valence-electron chi connectivity index (χ1n) is 7.64. The number of methoxy groups -OCH3 is 1. The zero-order valence-corrected chi connectivity index (χ0v) is 15.1. The van der Waals surface area contributed by atoms with E-state index in [9.17, 15) is 14.0 Å². The first-order chi connectivity index (χ1) is 11.7. The van der Waals surface area contributed by atoms with Crippen LogP contribution in [0.3, 0.4) is 0 Å². The van der Waals surface area contributed by atoms with Crippen molar-refractivity contribution in [2.75, 3.05) is 13.7 Å². The zero-order valence-electron chi connectivity index (χ0n) is 14.3. The third kappa shape index (κ3) is 4.87. The quantitative estimate of drug-likeness (QED) is 0.788. The van der Waals surface area contributed by atoms with Gasteiger partial charge in [0.25, 0.3) is 5.91 Å². The number of carbonyl (C=O) groups is 2. The summed E-state index contributed by atoms with van der Waals surface area (Å²) >= 11 is 1.28. The van der Waals surface area contributed by atoms with Crippen LogP contribution in [0.2, 0.25) is 0 Å². The van der Waals surface area contributed by atoms with Gasteiger partial charge in [-0.25, -0.2) is 4.39 Å². The molecule has 2 aromatic rings. The molecule has 0 aliphatic heterocycles. The van der Waals surface area contributed by atoms with Crippen molar-refractivity contribution in [1.29, 1.82) is 0 Å². The summed E-state index contributed by atoms with van der Waals surface area (Å²) in [6.07, 6.45) is -0.248. The van der Waals surface area contributed by atoms with Crippen LogP contribution in [-0.2, 0) is 9.53 Å². The topological polar surface area (TPSA) is 75.6 Å². The maximum Gasteiger partial charge on any atom is 0.305 e. The van der Waals surface area contributed by atoms with Crippen molar-refractivity contribution in [3.8, 4) is 10.4 Å². The Kier molecular flexibility index (Phi) is 5.92. The molecule has 0 spiro atoms. The van der Waals surface area contributed by atoms with E-state index in [1.54, 1.807) is 25.1 Å². The second kappa shape index (κ2) is 7.76. The number of nitrogens with one attached hydrogen (secondary N) is 1. The van der Waals surface area contributed by atoms with Gasteiger partial charge in [0.2, 0.25) is 0 Å². The summed E-state index contributed by atoms with van der Waals surface area (Å²) in [4.78, 5) is 24.9. The maximum atomic E-state index is 13.1. The summed E-state index contributed by atoms with van der Waals surface area (Å²) in [5, 5.41) is 11.8. The third-order valence-corrected chi connectivity index (χ3v) is 4.95. The number of aryl methyl sites for hydroxylation is 1. The lowest BCUT2D eigenvalue weighted by Gasteiger charge is -2.28. The highest BCUT2D eigenvalue weighted by atomic mass is 32.1. The number of carboxylic acid groups (broad SMARTS) is 1. The Labute approximate surface area is 149 Å². The number of carbonyl (C=O) groups excluding carboxylic acids is 1. The predicted molar refractivity (Wildman–Crippen MR) is 94.5 cm³/mol. The molecule has 1 amide bonds. The van der Waals surface area contributed by atoms with Crippen molar-refractivity contribution in [3.63, 3.8) is 0 Å². The molecule has 2 N–H and O–H groups in total. The molecule has 1 atom stereocenters. The van der Waals surface area contributed by atoms with Gasteiger partial charge in [-0.05, 0) is 43.2 Å². The Hall–Kier alpha value is -2.25. The highest BCUT2D eigenvalue weighted by Gasteiger charge is 2.30. The van der Waals surface area contributed by atoms with Crippen molar-refractivity contribution < 1.29 is 23.8 Å². The second-order valence-corrected chi connectivity index (χ2v) is 7.20. The fraction of sp³-hybridized carbons (Fsp3) is 0.333. The van der Waals surface area contributed by atoms with Gasteiger partial charge >= 0.3 is 5.97 Å². The number of amides is 1. The molecule has 7 heteroatoms. The van der Waals surface area contributed by atoms with Crippen molar-refractivity contribution >= 4 is 23.2 Å². The van der Waals surface area contributed by atoms with Crippen molar-refractivity contribution in [2.24, 2.45) is 0 Å². The number of thiophene rings is 1. The minimum atomic E-state index is -1.02. The molecule has 134 valence electrons. The number of rotatable bonds is 7. The van der Waals surface area contributed by atoms with E-state index >= 15 is 0 Å². The fourth-order valence-electron chi connectivity index (χ4n) is 2.60. The van der Waals surface area contributed by atoms with E-state index in [0.29, 0.717) is 4.88 Å². The summed E-state index contributed by atoms with van der Waals surface area (Å²) in [7, 11) is 1.45. The molecule has 1 aromatic carbocycles. The lowest BCUT2D eigenvalue weighted by atomic mass is 9.99. The highest BCUT2D eigenvalue weighted by molar-refractivity contribution is 7.17. The number of hydrogen-bond acceptors (Lipinski definition) is 4. The predicted octanol–water partition coefficient (Wildman–Crippen LogP) is 3.47. The third-order valence-electron chi connectivity index (χ3n) is 3.67. The second-order valence-electron chi connectivity index (χ2n) is 6.15. The monoisotopic (exact) mass is 365 g/mol. The zero-order chi connectivity index (χ0) is 18.6. The lowest BCUT2D eigenvalue weighted by Crippen LogP contribution is -2.50. The average molecular weight is 365 g/mol. The molecule has 0 radical (unpaired) electrons. The van der Waals surface area contributed by atoms with E-state index in [4.69, 9.17) is 9.84 Å². The van der Waals surface area contributed by atoms with Crippen LogP contribution in [0.15, 0.2) is 30.3 Å². The van der Waals surface area contributed by atoms with E-state index in [-0.39, 0.29) is 24.8 Å². The molecule has 2 rings (SSSR count). The number of aliphatic carboxylic acids is 1. The van der Waals surface area contributed by atoms with E-state index in [2.05, 4.69) is 5.32 Å². The van der Waals surface area contributed by atoms with E-state index < -0.39 is 11.5 Å². The molecule has 0 bridgehead atoms. The number of halogens is 1. The van der Waals surface area contributed by atoms with Gasteiger partial charge in [0.15, 0.2) is 0 Å². The van der Waals surface area contributed by atoms with Crippen molar-refractivity contribution in [3.05, 3.63) is 46.6 Å². The SMILES string of the molecule is COCC(C)(CC(=O)O)NC(=O)c1cc(C)c(-c2ccc(F)cc2)s1. The van der Waals surface area contributed by atoms with Gasteiger partial charge < -0.3 is 15.2 Å². The van der Waals surface area contributed by atoms with E-state index in [1.807, 2.05) is 6.92 Å². The summed E-state index contributed by atoms with van der Waals surface area (Å²) in [5.41, 5.74) is 0.715. The van der Waals surface area contributed by atoms with Gasteiger partial charge in [-0.3, -0.25) is 9.59 Å². The number of ether oxygens (including phenoxy) is 1. The fourth-order valence-corrected chi connectivity index (χ4v) is 3.67. The molecule has 0 saturated heterocycles. The molecule has 0 fully saturated rings. The molecular formula is C18H20FNO4S. The van der Waals surface area contributed by atoms with E-state index in [0.717, 1.165) is 16.0 Å². The Morgan fingerprint density at radius 3 is 2.52 bits per heavy atom. The van der Waals surface area contributed by atoms with Gasteiger partial charge in [0.05, 0.1) is 23.4 Å². The number of hydrogen-bond donors (Lipinski definition) is 2. The minimum Gasteiger partial charge on any atom is -0.481 e. The largest absolute Gasteiger partial charge is 0.481 e. The average Bonchev–Trinajstić information content (AvgIpc) is 2.89. The standard InChI is InChI=1S/C18H20FNO4S/c1-11-8-14(25-16(11)12-4-6-13(19)7-5-12)17(23)20-18(2,10-24-3)9-15(21)22/h4-8H,9-10H2,1-3H3,(H,20,23)(H,21,22). The number of benzene rings is 1. The van der Waals surface area contributed by atoms with Gasteiger partial charge in [-0.2, -0.15) is 0 Å². The molecule has 5 nitrogen and oxygen atoms in total. The molecule has 0 aliphatic carbocycles. The van der Waals surface area contributed by atoms with Crippen LogP contribution in [0.4, 0.5) is 4.39 Å². The normalized spacial score (nSPS) is 13.3. The molecular weight excluding hydrogens is 345 g/mol. The summed E-state index contributed by atoms with van der Waals surface area (Å²) in [5.74, 6) is -1.70. The van der Waals surface area contributed by atoms with Crippen LogP contribution in [0.25, 0.3) is 10.4 Å². The molecule has 0 aliphatic rings. The molecule has 25 heavy (non-hydrogen) atoms. The van der Waals surface area contributed by atoms with Crippen LogP contribution in [-0.4, -0.2) is 36.2 Å². The van der Waals surface area contributed by atoms with Gasteiger partial charge in [0, 0.05) is 12.0 Å². The Bertz CT molecular complexity index is 772. The summed E-state index contributed by atoms with van der Waals surface area (Å²) in [6, 6.07) is 7.81. The minimum absolute atomic E-state index is 0.0835. The summed E-state index contributed by atoms with van der Waals surface area (Å²) < 4.78 is 18.1. The molecule has 1 heterocycles.